The molecule has 18 heavy (non-hydrogen) atoms. The maximum atomic E-state index is 12.7. The van der Waals surface area contributed by atoms with Crippen LogP contribution >= 0.6 is 0 Å². The summed E-state index contributed by atoms with van der Waals surface area (Å²) in [6.45, 7) is 1.47. The first-order chi connectivity index (χ1) is 8.41. The molecule has 0 fully saturated rings. The number of halogens is 3. The van der Waals surface area contributed by atoms with E-state index in [1.165, 1.54) is 13.0 Å². The highest BCUT2D eigenvalue weighted by molar-refractivity contribution is 5.81. The van der Waals surface area contributed by atoms with Gasteiger partial charge < -0.3 is 4.74 Å². The van der Waals surface area contributed by atoms with Crippen LogP contribution in [-0.4, -0.2) is 17.6 Å². The Hall–Kier alpha value is -2.10. The Kier molecular flexibility index (Phi) is 4.26. The van der Waals surface area contributed by atoms with Crippen LogP contribution in [0.2, 0.25) is 0 Å². The standard InChI is InChI=1S/C11H9F3N2O2/c1-2-18-10(17)7(6-15)9-8(11(12,13)14)4-3-5-16-9/h3-5,7H,2H2,1H3. The molecule has 0 aliphatic carbocycles. The number of ether oxygens (including phenoxy) is 1. The molecule has 1 atom stereocenters. The number of pyridine rings is 1. The lowest BCUT2D eigenvalue weighted by Gasteiger charge is -2.14. The summed E-state index contributed by atoms with van der Waals surface area (Å²) in [7, 11) is 0. The van der Waals surface area contributed by atoms with E-state index in [1.807, 2.05) is 0 Å². The Morgan fingerprint density at radius 1 is 1.61 bits per heavy atom. The highest BCUT2D eigenvalue weighted by atomic mass is 19.4. The predicted molar refractivity (Wildman–Crippen MR) is 54.2 cm³/mol. The molecular formula is C11H9F3N2O2. The first-order valence-electron chi connectivity index (χ1n) is 5.00. The van der Waals surface area contributed by atoms with Crippen molar-refractivity contribution in [2.45, 2.75) is 19.0 Å². The number of rotatable bonds is 3. The highest BCUT2D eigenvalue weighted by Gasteiger charge is 2.38. The molecule has 1 unspecified atom stereocenters. The molecule has 0 spiro atoms. The molecule has 0 aromatic carbocycles. The van der Waals surface area contributed by atoms with Crippen LogP contribution < -0.4 is 0 Å². The van der Waals surface area contributed by atoms with Crippen LogP contribution in [0.3, 0.4) is 0 Å². The third-order valence-corrected chi connectivity index (χ3v) is 2.07. The van der Waals surface area contributed by atoms with Gasteiger partial charge in [-0.2, -0.15) is 18.4 Å². The molecular weight excluding hydrogens is 249 g/mol. The normalized spacial score (nSPS) is 12.6. The van der Waals surface area contributed by atoms with E-state index < -0.39 is 29.3 Å². The van der Waals surface area contributed by atoms with E-state index in [0.717, 1.165) is 18.3 Å². The second kappa shape index (κ2) is 5.49. The summed E-state index contributed by atoms with van der Waals surface area (Å²) in [5.74, 6) is -2.72. The molecule has 7 heteroatoms. The fourth-order valence-corrected chi connectivity index (χ4v) is 1.34. The van der Waals surface area contributed by atoms with Gasteiger partial charge in [-0.25, -0.2) is 0 Å². The van der Waals surface area contributed by atoms with Crippen molar-refractivity contribution in [2.24, 2.45) is 0 Å². The van der Waals surface area contributed by atoms with Gasteiger partial charge in [0.2, 0.25) is 0 Å². The van der Waals surface area contributed by atoms with Gasteiger partial charge in [0.1, 0.15) is 0 Å². The number of carbonyl (C=O) groups is 1. The molecule has 1 heterocycles. The number of nitrogens with zero attached hydrogens (tertiary/aromatic N) is 2. The summed E-state index contributed by atoms with van der Waals surface area (Å²) >= 11 is 0. The molecule has 0 bridgehead atoms. The van der Waals surface area contributed by atoms with Gasteiger partial charge in [0.05, 0.1) is 23.9 Å². The maximum absolute atomic E-state index is 12.7. The quantitative estimate of drug-likeness (QED) is 0.780. The molecule has 0 radical (unpaired) electrons. The van der Waals surface area contributed by atoms with E-state index in [4.69, 9.17) is 5.26 Å². The molecule has 1 aromatic rings. The van der Waals surface area contributed by atoms with Crippen LogP contribution in [0, 0.1) is 11.3 Å². The summed E-state index contributed by atoms with van der Waals surface area (Å²) in [6.07, 6.45) is -3.58. The van der Waals surface area contributed by atoms with Crippen LogP contribution in [0.15, 0.2) is 18.3 Å². The van der Waals surface area contributed by atoms with Gasteiger partial charge in [-0.1, -0.05) is 0 Å². The molecule has 0 aliphatic rings. The van der Waals surface area contributed by atoms with Crippen molar-refractivity contribution in [2.75, 3.05) is 6.61 Å². The average Bonchev–Trinajstić information content (AvgIpc) is 2.29. The Balaban J connectivity index is 3.23. The largest absolute Gasteiger partial charge is 0.465 e. The first-order valence-corrected chi connectivity index (χ1v) is 5.00. The van der Waals surface area contributed by atoms with Gasteiger partial charge in [0, 0.05) is 6.20 Å². The van der Waals surface area contributed by atoms with Gasteiger partial charge in [0.15, 0.2) is 5.92 Å². The van der Waals surface area contributed by atoms with Crippen molar-refractivity contribution in [3.05, 3.63) is 29.6 Å². The zero-order valence-corrected chi connectivity index (χ0v) is 9.36. The minimum atomic E-state index is -4.68. The smallest absolute Gasteiger partial charge is 0.418 e. The number of aromatic nitrogens is 1. The monoisotopic (exact) mass is 258 g/mol. The van der Waals surface area contributed by atoms with Gasteiger partial charge in [-0.05, 0) is 19.1 Å². The number of carbonyl (C=O) groups excluding carboxylic acids is 1. The molecule has 96 valence electrons. The maximum Gasteiger partial charge on any atom is 0.418 e. The van der Waals surface area contributed by atoms with Gasteiger partial charge in [-0.3, -0.25) is 9.78 Å². The molecule has 0 saturated carbocycles. The lowest BCUT2D eigenvalue weighted by molar-refractivity contribution is -0.144. The molecule has 1 rings (SSSR count). The molecule has 1 aromatic heterocycles. The number of nitriles is 1. The van der Waals surface area contributed by atoms with Crippen LogP contribution in [-0.2, 0) is 15.7 Å². The fourth-order valence-electron chi connectivity index (χ4n) is 1.34. The predicted octanol–water partition coefficient (Wildman–Crippen LogP) is 2.27. The minimum absolute atomic E-state index is 0.0226. The van der Waals surface area contributed by atoms with Crippen molar-refractivity contribution in [3.8, 4) is 6.07 Å². The number of hydrogen-bond acceptors (Lipinski definition) is 4. The summed E-state index contributed by atoms with van der Waals surface area (Å²) in [6, 6.07) is 3.34. The number of hydrogen-bond donors (Lipinski definition) is 0. The fraction of sp³-hybridized carbons (Fsp3) is 0.364. The van der Waals surface area contributed by atoms with E-state index in [9.17, 15) is 18.0 Å². The van der Waals surface area contributed by atoms with E-state index in [0.29, 0.717) is 0 Å². The molecule has 4 nitrogen and oxygen atoms in total. The lowest BCUT2D eigenvalue weighted by atomic mass is 10.0. The second-order valence-corrected chi connectivity index (χ2v) is 3.25. The van der Waals surface area contributed by atoms with Crippen molar-refractivity contribution in [1.29, 1.82) is 5.26 Å². The van der Waals surface area contributed by atoms with Gasteiger partial charge in [0.25, 0.3) is 0 Å². The van der Waals surface area contributed by atoms with Gasteiger partial charge in [-0.15, -0.1) is 0 Å². The molecule has 0 saturated heterocycles. The topological polar surface area (TPSA) is 63.0 Å². The lowest BCUT2D eigenvalue weighted by Crippen LogP contribution is -2.20. The number of alkyl halides is 3. The zero-order valence-electron chi connectivity index (χ0n) is 9.36. The zero-order chi connectivity index (χ0) is 13.8. The third-order valence-electron chi connectivity index (χ3n) is 2.07. The average molecular weight is 258 g/mol. The molecule has 0 amide bonds. The van der Waals surface area contributed by atoms with E-state index in [1.54, 1.807) is 0 Å². The summed E-state index contributed by atoms with van der Waals surface area (Å²) < 4.78 is 42.6. The van der Waals surface area contributed by atoms with E-state index >= 15 is 0 Å². The molecule has 0 N–H and O–H groups in total. The Morgan fingerprint density at radius 3 is 2.78 bits per heavy atom. The number of esters is 1. The Morgan fingerprint density at radius 2 is 2.28 bits per heavy atom. The van der Waals surface area contributed by atoms with E-state index in [2.05, 4.69) is 9.72 Å². The third kappa shape index (κ3) is 2.97. The van der Waals surface area contributed by atoms with Crippen LogP contribution in [0.5, 0.6) is 0 Å². The van der Waals surface area contributed by atoms with Crippen LogP contribution in [0.1, 0.15) is 24.1 Å². The summed E-state index contributed by atoms with van der Waals surface area (Å²) in [4.78, 5) is 14.9. The summed E-state index contributed by atoms with van der Waals surface area (Å²) in [5, 5.41) is 8.81. The Bertz CT molecular complexity index is 480. The van der Waals surface area contributed by atoms with Crippen LogP contribution in [0.25, 0.3) is 0 Å². The van der Waals surface area contributed by atoms with Crippen LogP contribution in [0.4, 0.5) is 13.2 Å². The molecule has 0 aliphatic heterocycles. The van der Waals surface area contributed by atoms with Crippen molar-refractivity contribution in [3.63, 3.8) is 0 Å². The second-order valence-electron chi connectivity index (χ2n) is 3.25. The first kappa shape index (κ1) is 14.0. The van der Waals surface area contributed by atoms with Crippen molar-refractivity contribution in [1.82, 2.24) is 4.98 Å². The summed E-state index contributed by atoms with van der Waals surface area (Å²) in [5.41, 5.74) is -1.74. The van der Waals surface area contributed by atoms with Crippen molar-refractivity contribution < 1.29 is 22.7 Å². The van der Waals surface area contributed by atoms with Gasteiger partial charge >= 0.3 is 12.1 Å². The van der Waals surface area contributed by atoms with Crippen molar-refractivity contribution >= 4 is 5.97 Å². The van der Waals surface area contributed by atoms with E-state index in [-0.39, 0.29) is 6.61 Å². The SMILES string of the molecule is CCOC(=O)C(C#N)c1ncccc1C(F)(F)F. The minimum Gasteiger partial charge on any atom is -0.465 e. The Labute approximate surface area is 101 Å². The highest BCUT2D eigenvalue weighted by Crippen LogP contribution is 2.34.